The minimum atomic E-state index is -0.627. The van der Waals surface area contributed by atoms with Crippen molar-refractivity contribution in [2.45, 2.75) is 145 Å². The molecule has 5 aliphatic rings. The zero-order valence-electron chi connectivity index (χ0n) is 23.9. The Morgan fingerprint density at radius 1 is 0.735 bits per heavy atom. The van der Waals surface area contributed by atoms with Crippen molar-refractivity contribution in [3.63, 3.8) is 0 Å². The van der Waals surface area contributed by atoms with Gasteiger partial charge in [-0.1, -0.05) is 59.6 Å². The van der Waals surface area contributed by atoms with E-state index in [4.69, 9.17) is 0 Å². The fourth-order valence-electron chi connectivity index (χ4n) is 10.8. The van der Waals surface area contributed by atoms with Crippen LogP contribution >= 0.6 is 0 Å². The molecule has 8 atom stereocenters. The van der Waals surface area contributed by atoms with Crippen LogP contribution in [0.1, 0.15) is 133 Å². The summed E-state index contributed by atoms with van der Waals surface area (Å²) in [4.78, 5) is 0. The van der Waals surface area contributed by atoms with Gasteiger partial charge in [0, 0.05) is 0 Å². The standard InChI is InChI=1S/C32H54O2/c1-26(2)23-11-10-22-21(30(23,7)14-13-25(26)33)12-15-32(9)24-20-29(6,27(3,4)34)18-16-28(24,5)17-19-31(22,32)8/h23-25,33-34H,10-20H2,1-9H3/t23?,24-,25+,28-,29-,30-,31-,32+/m1/s1. The predicted molar refractivity (Wildman–Crippen MR) is 141 cm³/mol. The van der Waals surface area contributed by atoms with Gasteiger partial charge < -0.3 is 10.2 Å². The van der Waals surface area contributed by atoms with E-state index in [1.807, 2.05) is 11.1 Å². The molecule has 1 unspecified atom stereocenters. The molecule has 5 rings (SSSR count). The van der Waals surface area contributed by atoms with Crippen LogP contribution in [0.25, 0.3) is 0 Å². The SMILES string of the molecule is CC1(C)C2CCC3=C(CC[C@@]4(C)[C@@H]5C[C@](C)(C(C)(C)O)CC[C@]5(C)CC[C@]34C)[C@@]2(C)CC[C@@H]1O. The van der Waals surface area contributed by atoms with E-state index in [1.165, 1.54) is 51.4 Å². The molecule has 0 amide bonds. The number of allylic oxidation sites excluding steroid dienone is 2. The van der Waals surface area contributed by atoms with Gasteiger partial charge in [-0.15, -0.1) is 0 Å². The van der Waals surface area contributed by atoms with Crippen LogP contribution in [0.3, 0.4) is 0 Å². The monoisotopic (exact) mass is 470 g/mol. The van der Waals surface area contributed by atoms with Crippen LogP contribution in [0.4, 0.5) is 0 Å². The first-order chi connectivity index (χ1) is 15.4. The molecule has 0 radical (unpaired) electrons. The van der Waals surface area contributed by atoms with Gasteiger partial charge in [0.05, 0.1) is 11.7 Å². The van der Waals surface area contributed by atoms with Crippen molar-refractivity contribution >= 4 is 0 Å². The molecule has 3 saturated carbocycles. The largest absolute Gasteiger partial charge is 0.393 e. The summed E-state index contributed by atoms with van der Waals surface area (Å²) in [5.41, 5.74) is 4.28. The Bertz CT molecular complexity index is 893. The summed E-state index contributed by atoms with van der Waals surface area (Å²) in [5, 5.41) is 22.1. The van der Waals surface area contributed by atoms with Gasteiger partial charge in [-0.2, -0.15) is 0 Å². The molecule has 0 spiro atoms. The first kappa shape index (κ1) is 25.3. The summed E-state index contributed by atoms with van der Waals surface area (Å²) in [6, 6.07) is 0. The highest BCUT2D eigenvalue weighted by Crippen LogP contribution is 2.75. The number of hydrogen-bond acceptors (Lipinski definition) is 2. The Labute approximate surface area is 210 Å². The molecule has 3 fully saturated rings. The highest BCUT2D eigenvalue weighted by atomic mass is 16.3. The van der Waals surface area contributed by atoms with Crippen LogP contribution in [0.2, 0.25) is 0 Å². The van der Waals surface area contributed by atoms with Crippen LogP contribution in [-0.4, -0.2) is 21.9 Å². The fourth-order valence-corrected chi connectivity index (χ4v) is 10.8. The van der Waals surface area contributed by atoms with E-state index in [0.29, 0.717) is 22.7 Å². The molecule has 2 nitrogen and oxygen atoms in total. The second kappa shape index (κ2) is 7.15. The third-order valence-corrected chi connectivity index (χ3v) is 14.2. The molecule has 0 aromatic carbocycles. The Balaban J connectivity index is 1.58. The molecule has 0 bridgehead atoms. The zero-order valence-corrected chi connectivity index (χ0v) is 23.9. The summed E-state index contributed by atoms with van der Waals surface area (Å²) in [6.07, 6.45) is 13.3. The number of rotatable bonds is 1. The minimum Gasteiger partial charge on any atom is -0.393 e. The Morgan fingerprint density at radius 2 is 1.38 bits per heavy atom. The Morgan fingerprint density at radius 3 is 2.03 bits per heavy atom. The quantitative estimate of drug-likeness (QED) is 0.380. The normalized spacial score (nSPS) is 52.9. The van der Waals surface area contributed by atoms with E-state index in [2.05, 4.69) is 62.3 Å². The van der Waals surface area contributed by atoms with Crippen LogP contribution in [0.15, 0.2) is 11.1 Å². The molecule has 0 aromatic rings. The van der Waals surface area contributed by atoms with Crippen LogP contribution in [0.5, 0.6) is 0 Å². The lowest BCUT2D eigenvalue weighted by Crippen LogP contribution is -2.62. The van der Waals surface area contributed by atoms with Gasteiger partial charge in [0.25, 0.3) is 0 Å². The summed E-state index contributed by atoms with van der Waals surface area (Å²) < 4.78 is 0. The number of fused-ring (bicyclic) bond motifs is 6. The highest BCUT2D eigenvalue weighted by Gasteiger charge is 2.66. The number of aliphatic hydroxyl groups is 2. The Kier molecular flexibility index (Phi) is 5.32. The zero-order chi connectivity index (χ0) is 25.2. The summed E-state index contributed by atoms with van der Waals surface area (Å²) in [5.74, 6) is 1.27. The lowest BCUT2D eigenvalue weighted by Gasteiger charge is -2.70. The lowest BCUT2D eigenvalue weighted by atomic mass is 9.35. The fraction of sp³-hybridized carbons (Fsp3) is 0.938. The molecule has 34 heavy (non-hydrogen) atoms. The molecule has 194 valence electrons. The van der Waals surface area contributed by atoms with Gasteiger partial charge in [0.15, 0.2) is 0 Å². The van der Waals surface area contributed by atoms with E-state index >= 15 is 0 Å². The summed E-state index contributed by atoms with van der Waals surface area (Å²) in [6.45, 7) is 21.7. The molecule has 5 aliphatic carbocycles. The maximum Gasteiger partial charge on any atom is 0.0645 e. The topological polar surface area (TPSA) is 40.5 Å². The number of hydrogen-bond donors (Lipinski definition) is 2. The van der Waals surface area contributed by atoms with Crippen molar-refractivity contribution in [2.75, 3.05) is 0 Å². The summed E-state index contributed by atoms with van der Waals surface area (Å²) >= 11 is 0. The van der Waals surface area contributed by atoms with Gasteiger partial charge in [-0.25, -0.2) is 0 Å². The maximum atomic E-state index is 11.2. The highest BCUT2D eigenvalue weighted by molar-refractivity contribution is 5.39. The molecule has 0 aromatic heterocycles. The van der Waals surface area contributed by atoms with Crippen LogP contribution in [0, 0.1) is 44.3 Å². The molecule has 0 aliphatic heterocycles. The number of aliphatic hydroxyl groups excluding tert-OH is 1. The van der Waals surface area contributed by atoms with E-state index < -0.39 is 5.60 Å². The molecule has 2 heteroatoms. The maximum absolute atomic E-state index is 11.2. The van der Waals surface area contributed by atoms with Gasteiger partial charge in [0.2, 0.25) is 0 Å². The van der Waals surface area contributed by atoms with Gasteiger partial charge >= 0.3 is 0 Å². The second-order valence-electron chi connectivity index (χ2n) is 16.1. The molecule has 0 saturated heterocycles. The average molecular weight is 471 g/mol. The molecule has 0 heterocycles. The summed E-state index contributed by atoms with van der Waals surface area (Å²) in [7, 11) is 0. The third kappa shape index (κ3) is 3.00. The van der Waals surface area contributed by atoms with Crippen molar-refractivity contribution in [1.29, 1.82) is 0 Å². The van der Waals surface area contributed by atoms with Crippen molar-refractivity contribution in [2.24, 2.45) is 44.3 Å². The van der Waals surface area contributed by atoms with Crippen molar-refractivity contribution in [1.82, 2.24) is 0 Å². The first-order valence-electron chi connectivity index (χ1n) is 14.6. The van der Waals surface area contributed by atoms with Gasteiger partial charge in [0.1, 0.15) is 0 Å². The molecular weight excluding hydrogens is 416 g/mol. The van der Waals surface area contributed by atoms with E-state index in [9.17, 15) is 10.2 Å². The molecular formula is C32H54O2. The molecule has 2 N–H and O–H groups in total. The van der Waals surface area contributed by atoms with Gasteiger partial charge in [-0.05, 0) is 129 Å². The predicted octanol–water partition coefficient (Wildman–Crippen LogP) is 8.06. The minimum absolute atomic E-state index is 0.000265. The smallest absolute Gasteiger partial charge is 0.0645 e. The van der Waals surface area contributed by atoms with E-state index in [1.54, 1.807) is 0 Å². The lowest BCUT2D eigenvalue weighted by molar-refractivity contribution is -0.184. The van der Waals surface area contributed by atoms with Crippen molar-refractivity contribution in [3.8, 4) is 0 Å². The average Bonchev–Trinajstić information content (AvgIpc) is 2.73. The third-order valence-electron chi connectivity index (χ3n) is 14.2. The second-order valence-corrected chi connectivity index (χ2v) is 16.1. The first-order valence-corrected chi connectivity index (χ1v) is 14.6. The van der Waals surface area contributed by atoms with Crippen molar-refractivity contribution in [3.05, 3.63) is 11.1 Å². The Hall–Kier alpha value is -0.340. The van der Waals surface area contributed by atoms with Crippen molar-refractivity contribution < 1.29 is 10.2 Å². The van der Waals surface area contributed by atoms with E-state index in [-0.39, 0.29) is 27.8 Å². The van der Waals surface area contributed by atoms with Crippen LogP contribution in [-0.2, 0) is 0 Å². The van der Waals surface area contributed by atoms with E-state index in [0.717, 1.165) is 19.3 Å². The van der Waals surface area contributed by atoms with Crippen LogP contribution < -0.4 is 0 Å². The van der Waals surface area contributed by atoms with Gasteiger partial charge in [-0.3, -0.25) is 0 Å².